The van der Waals surface area contributed by atoms with Gasteiger partial charge in [-0.2, -0.15) is 0 Å². The van der Waals surface area contributed by atoms with Gasteiger partial charge in [-0.1, -0.05) is 11.6 Å². The number of carbonyl (C=O) groups excluding carboxylic acids is 1. The third-order valence-electron chi connectivity index (χ3n) is 2.67. The molecule has 0 amide bonds. The molecule has 0 aliphatic heterocycles. The highest BCUT2D eigenvalue weighted by Gasteiger charge is 2.17. The van der Waals surface area contributed by atoms with Gasteiger partial charge < -0.3 is 4.74 Å². The van der Waals surface area contributed by atoms with E-state index < -0.39 is 11.6 Å². The van der Waals surface area contributed by atoms with E-state index in [4.69, 9.17) is 16.3 Å². The molecule has 0 spiro atoms. The van der Waals surface area contributed by atoms with Crippen molar-refractivity contribution in [2.45, 2.75) is 6.92 Å². The summed E-state index contributed by atoms with van der Waals surface area (Å²) in [7, 11) is 0. The molecule has 0 aliphatic carbocycles. The van der Waals surface area contributed by atoms with E-state index in [1.165, 1.54) is 18.2 Å². The van der Waals surface area contributed by atoms with Crippen molar-refractivity contribution < 1.29 is 13.9 Å². The molecule has 2 aromatic carbocycles. The van der Waals surface area contributed by atoms with Gasteiger partial charge in [-0.15, -0.1) is 0 Å². The number of carbonyl (C=O) groups is 1. The predicted octanol–water partition coefficient (Wildman–Crippen LogP) is 4.87. The second-order valence-corrected chi connectivity index (χ2v) is 5.32. The van der Waals surface area contributed by atoms with Crippen LogP contribution in [0, 0.1) is 5.82 Å². The fourth-order valence-corrected chi connectivity index (χ4v) is 2.46. The van der Waals surface area contributed by atoms with Gasteiger partial charge >= 0.3 is 0 Å². The molecule has 0 fully saturated rings. The summed E-state index contributed by atoms with van der Waals surface area (Å²) in [6.07, 6.45) is 0. The second kappa shape index (κ2) is 6.37. The number of ether oxygens (including phenoxy) is 1. The fourth-order valence-electron chi connectivity index (χ4n) is 1.75. The highest BCUT2D eigenvalue weighted by atomic mass is 79.9. The Kier molecular flexibility index (Phi) is 4.78. The van der Waals surface area contributed by atoms with E-state index in [0.29, 0.717) is 27.4 Å². The SMILES string of the molecule is CCOc1ccc(C(=O)c2cc(Cl)ccc2F)c(Br)c1. The van der Waals surface area contributed by atoms with E-state index in [2.05, 4.69) is 15.9 Å². The van der Waals surface area contributed by atoms with Gasteiger partial charge in [-0.25, -0.2) is 4.39 Å². The predicted molar refractivity (Wildman–Crippen MR) is 80.2 cm³/mol. The van der Waals surface area contributed by atoms with Crippen LogP contribution in [-0.2, 0) is 0 Å². The highest BCUT2D eigenvalue weighted by molar-refractivity contribution is 9.10. The molecule has 104 valence electrons. The molecule has 0 saturated heterocycles. The Balaban J connectivity index is 2.40. The molecule has 2 rings (SSSR count). The normalized spacial score (nSPS) is 10.4. The zero-order valence-corrected chi connectivity index (χ0v) is 13.0. The maximum Gasteiger partial charge on any atom is 0.197 e. The molecule has 0 aliphatic rings. The highest BCUT2D eigenvalue weighted by Crippen LogP contribution is 2.27. The molecule has 0 N–H and O–H groups in total. The minimum atomic E-state index is -0.597. The Bertz CT molecular complexity index is 658. The Morgan fingerprint density at radius 3 is 2.65 bits per heavy atom. The Hall–Kier alpha value is -1.39. The van der Waals surface area contributed by atoms with E-state index in [0.717, 1.165) is 0 Å². The average molecular weight is 358 g/mol. The third-order valence-corrected chi connectivity index (χ3v) is 3.56. The summed E-state index contributed by atoms with van der Waals surface area (Å²) < 4.78 is 19.6. The summed E-state index contributed by atoms with van der Waals surface area (Å²) in [4.78, 5) is 12.3. The first-order valence-electron chi connectivity index (χ1n) is 5.95. The Morgan fingerprint density at radius 1 is 1.25 bits per heavy atom. The van der Waals surface area contributed by atoms with Gasteiger partial charge in [-0.3, -0.25) is 4.79 Å². The molecule has 0 bridgehead atoms. The van der Waals surface area contributed by atoms with Crippen LogP contribution in [0.4, 0.5) is 4.39 Å². The van der Waals surface area contributed by atoms with Crippen molar-refractivity contribution in [1.29, 1.82) is 0 Å². The van der Waals surface area contributed by atoms with Crippen molar-refractivity contribution in [3.8, 4) is 5.75 Å². The number of benzene rings is 2. The smallest absolute Gasteiger partial charge is 0.197 e. The lowest BCUT2D eigenvalue weighted by atomic mass is 10.0. The zero-order chi connectivity index (χ0) is 14.7. The lowest BCUT2D eigenvalue weighted by molar-refractivity contribution is 0.103. The topological polar surface area (TPSA) is 26.3 Å². The standard InChI is InChI=1S/C15H11BrClFO2/c1-2-20-10-4-5-11(13(16)8-10)15(19)12-7-9(17)3-6-14(12)18/h3-8H,2H2,1H3. The van der Waals surface area contributed by atoms with Gasteiger partial charge in [-0.05, 0) is 59.3 Å². The van der Waals surface area contributed by atoms with Crippen LogP contribution in [0.15, 0.2) is 40.9 Å². The molecule has 0 saturated carbocycles. The lowest BCUT2D eigenvalue weighted by Crippen LogP contribution is -2.05. The summed E-state index contributed by atoms with van der Waals surface area (Å²) in [5.41, 5.74) is 0.303. The van der Waals surface area contributed by atoms with Gasteiger partial charge in [0.05, 0.1) is 12.2 Å². The van der Waals surface area contributed by atoms with Crippen molar-refractivity contribution in [2.75, 3.05) is 6.61 Å². The summed E-state index contributed by atoms with van der Waals surface area (Å²) in [5, 5.41) is 0.316. The maximum absolute atomic E-state index is 13.7. The van der Waals surface area contributed by atoms with E-state index in [9.17, 15) is 9.18 Å². The summed E-state index contributed by atoms with van der Waals surface area (Å²) in [6.45, 7) is 2.40. The van der Waals surface area contributed by atoms with Crippen LogP contribution < -0.4 is 4.74 Å². The lowest BCUT2D eigenvalue weighted by Gasteiger charge is -2.08. The maximum atomic E-state index is 13.7. The van der Waals surface area contributed by atoms with Crippen LogP contribution >= 0.6 is 27.5 Å². The summed E-state index contributed by atoms with van der Waals surface area (Å²) in [6, 6.07) is 8.85. The van der Waals surface area contributed by atoms with Gasteiger partial charge in [0.2, 0.25) is 0 Å². The van der Waals surface area contributed by atoms with Gasteiger partial charge in [0.1, 0.15) is 11.6 Å². The first kappa shape index (κ1) is 15.0. The second-order valence-electron chi connectivity index (χ2n) is 4.03. The monoisotopic (exact) mass is 356 g/mol. The minimum absolute atomic E-state index is 0.0534. The largest absolute Gasteiger partial charge is 0.494 e. The molecule has 0 heterocycles. The van der Waals surface area contributed by atoms with E-state index in [1.807, 2.05) is 6.92 Å². The van der Waals surface area contributed by atoms with Gasteiger partial charge in [0.25, 0.3) is 0 Å². The molecule has 5 heteroatoms. The fraction of sp³-hybridized carbons (Fsp3) is 0.133. The quantitative estimate of drug-likeness (QED) is 0.730. The van der Waals surface area contributed by atoms with Crippen LogP contribution in [0.3, 0.4) is 0 Å². The molecular formula is C15H11BrClFO2. The number of rotatable bonds is 4. The summed E-state index contributed by atoms with van der Waals surface area (Å²) in [5.74, 6) is -0.386. The molecule has 0 radical (unpaired) electrons. The summed E-state index contributed by atoms with van der Waals surface area (Å²) >= 11 is 9.11. The van der Waals surface area contributed by atoms with Gasteiger partial charge in [0.15, 0.2) is 5.78 Å². The first-order chi connectivity index (χ1) is 9.52. The van der Waals surface area contributed by atoms with Crippen LogP contribution in [0.25, 0.3) is 0 Å². The van der Waals surface area contributed by atoms with Crippen molar-refractivity contribution in [3.05, 3.63) is 62.8 Å². The van der Waals surface area contributed by atoms with E-state index in [-0.39, 0.29) is 5.56 Å². The molecule has 0 aromatic heterocycles. The Morgan fingerprint density at radius 2 is 2.00 bits per heavy atom. The van der Waals surface area contributed by atoms with E-state index in [1.54, 1.807) is 18.2 Å². The van der Waals surface area contributed by atoms with E-state index >= 15 is 0 Å². The molecule has 0 atom stereocenters. The van der Waals surface area contributed by atoms with Crippen LogP contribution in [0.2, 0.25) is 5.02 Å². The van der Waals surface area contributed by atoms with Crippen molar-refractivity contribution in [2.24, 2.45) is 0 Å². The number of hydrogen-bond acceptors (Lipinski definition) is 2. The van der Waals surface area contributed by atoms with Crippen molar-refractivity contribution in [3.63, 3.8) is 0 Å². The molecule has 20 heavy (non-hydrogen) atoms. The van der Waals surface area contributed by atoms with Crippen LogP contribution in [0.5, 0.6) is 5.75 Å². The first-order valence-corrected chi connectivity index (χ1v) is 7.12. The number of halogens is 3. The Labute approximate surface area is 129 Å². The molecule has 2 aromatic rings. The number of hydrogen-bond donors (Lipinski definition) is 0. The van der Waals surface area contributed by atoms with Crippen LogP contribution in [-0.4, -0.2) is 12.4 Å². The molecule has 0 unspecified atom stereocenters. The zero-order valence-electron chi connectivity index (χ0n) is 10.6. The average Bonchev–Trinajstić information content (AvgIpc) is 2.41. The number of ketones is 1. The van der Waals surface area contributed by atoms with Gasteiger partial charge in [0, 0.05) is 15.1 Å². The molecule has 2 nitrogen and oxygen atoms in total. The van der Waals surface area contributed by atoms with Crippen LogP contribution in [0.1, 0.15) is 22.8 Å². The minimum Gasteiger partial charge on any atom is -0.494 e. The molecular weight excluding hydrogens is 347 g/mol. The third kappa shape index (κ3) is 3.19. The van der Waals surface area contributed by atoms with Crippen molar-refractivity contribution >= 4 is 33.3 Å². The van der Waals surface area contributed by atoms with Crippen molar-refractivity contribution in [1.82, 2.24) is 0 Å².